The van der Waals surface area contributed by atoms with Gasteiger partial charge in [-0.25, -0.2) is 0 Å². The van der Waals surface area contributed by atoms with Crippen LogP contribution in [-0.2, 0) is 0 Å². The predicted octanol–water partition coefficient (Wildman–Crippen LogP) is 4.66. The molecule has 1 aromatic rings. The molecule has 1 aliphatic carbocycles. The average molecular weight is 259 g/mol. The molecule has 1 aromatic carbocycles. The molecule has 0 aliphatic heterocycles. The van der Waals surface area contributed by atoms with E-state index in [4.69, 9.17) is 0 Å². The number of aryl methyl sites for hydroxylation is 1. The lowest BCUT2D eigenvalue weighted by Crippen LogP contribution is -2.47. The molecular formula is C18H29N. The Hall–Kier alpha value is -0.820. The minimum Gasteiger partial charge on any atom is -0.311 e. The lowest BCUT2D eigenvalue weighted by atomic mass is 9.74. The number of hydrogen-bond acceptors (Lipinski definition) is 1. The molecule has 19 heavy (non-hydrogen) atoms. The summed E-state index contributed by atoms with van der Waals surface area (Å²) in [5.74, 6) is 1.62. The summed E-state index contributed by atoms with van der Waals surface area (Å²) in [5.41, 5.74) is 3.02. The van der Waals surface area contributed by atoms with E-state index in [1.165, 1.54) is 31.2 Å². The Morgan fingerprint density at radius 1 is 1.16 bits per heavy atom. The summed E-state index contributed by atoms with van der Waals surface area (Å²) in [7, 11) is 0. The minimum atomic E-state index is 0.665. The van der Waals surface area contributed by atoms with Crippen LogP contribution < -0.4 is 5.32 Å². The zero-order valence-electron chi connectivity index (χ0n) is 12.9. The fourth-order valence-corrected chi connectivity index (χ4v) is 3.56. The van der Waals surface area contributed by atoms with Gasteiger partial charge in [0.05, 0.1) is 0 Å². The van der Waals surface area contributed by atoms with E-state index in [-0.39, 0.29) is 0 Å². The van der Waals surface area contributed by atoms with Gasteiger partial charge in [-0.3, -0.25) is 0 Å². The van der Waals surface area contributed by atoms with Crippen molar-refractivity contribution in [2.45, 2.75) is 71.4 Å². The molecule has 1 N–H and O–H groups in total. The first-order valence-corrected chi connectivity index (χ1v) is 7.97. The highest BCUT2D eigenvalue weighted by Gasteiger charge is 2.32. The third kappa shape index (κ3) is 3.39. The summed E-state index contributed by atoms with van der Waals surface area (Å²) in [6, 6.07) is 10.3. The van der Waals surface area contributed by atoms with Crippen molar-refractivity contribution in [3.05, 3.63) is 35.4 Å². The largest absolute Gasteiger partial charge is 0.311 e. The summed E-state index contributed by atoms with van der Waals surface area (Å²) in [5, 5.41) is 3.84. The number of benzene rings is 1. The molecule has 0 aromatic heterocycles. The highest BCUT2D eigenvalue weighted by atomic mass is 15.0. The SMILES string of the molecule is CCC(CC)C(C)NC1CC(c2ccccc2C)C1. The van der Waals surface area contributed by atoms with Crippen LogP contribution in [0.4, 0.5) is 0 Å². The fourth-order valence-electron chi connectivity index (χ4n) is 3.56. The summed E-state index contributed by atoms with van der Waals surface area (Å²) >= 11 is 0. The molecule has 106 valence electrons. The number of rotatable bonds is 6. The summed E-state index contributed by atoms with van der Waals surface area (Å²) < 4.78 is 0. The Balaban J connectivity index is 1.82. The first-order valence-electron chi connectivity index (χ1n) is 7.97. The first-order chi connectivity index (χ1) is 9.15. The Kier molecular flexibility index (Phi) is 5.04. The van der Waals surface area contributed by atoms with Gasteiger partial charge in [0.15, 0.2) is 0 Å². The van der Waals surface area contributed by atoms with Gasteiger partial charge in [0.1, 0.15) is 0 Å². The molecule has 1 atom stereocenters. The van der Waals surface area contributed by atoms with Crippen molar-refractivity contribution in [3.63, 3.8) is 0 Å². The molecule has 1 unspecified atom stereocenters. The van der Waals surface area contributed by atoms with Gasteiger partial charge in [-0.15, -0.1) is 0 Å². The Labute approximate surface area is 118 Å². The Bertz CT molecular complexity index is 388. The standard InChI is InChI=1S/C18H29N/c1-5-15(6-2)14(4)19-17-11-16(12-17)18-10-8-7-9-13(18)3/h7-10,14-17,19H,5-6,11-12H2,1-4H3. The van der Waals surface area contributed by atoms with E-state index in [9.17, 15) is 0 Å². The maximum absolute atomic E-state index is 3.84. The highest BCUT2D eigenvalue weighted by molar-refractivity contribution is 5.31. The van der Waals surface area contributed by atoms with Crippen LogP contribution in [0.1, 0.15) is 63.5 Å². The van der Waals surface area contributed by atoms with Crippen LogP contribution >= 0.6 is 0 Å². The zero-order valence-corrected chi connectivity index (χ0v) is 12.9. The van der Waals surface area contributed by atoms with Gasteiger partial charge in [0, 0.05) is 12.1 Å². The zero-order chi connectivity index (χ0) is 13.8. The van der Waals surface area contributed by atoms with Gasteiger partial charge in [-0.1, -0.05) is 51.0 Å². The predicted molar refractivity (Wildman–Crippen MR) is 83.6 cm³/mol. The molecular weight excluding hydrogens is 230 g/mol. The quantitative estimate of drug-likeness (QED) is 0.783. The van der Waals surface area contributed by atoms with Crippen LogP contribution in [-0.4, -0.2) is 12.1 Å². The third-order valence-corrected chi connectivity index (χ3v) is 5.02. The second kappa shape index (κ2) is 6.56. The van der Waals surface area contributed by atoms with Gasteiger partial charge >= 0.3 is 0 Å². The van der Waals surface area contributed by atoms with E-state index in [1.54, 1.807) is 5.56 Å². The van der Waals surface area contributed by atoms with E-state index in [0.29, 0.717) is 6.04 Å². The lowest BCUT2D eigenvalue weighted by molar-refractivity contribution is 0.232. The molecule has 1 aliphatic rings. The Morgan fingerprint density at radius 3 is 2.37 bits per heavy atom. The van der Waals surface area contributed by atoms with Crippen molar-refractivity contribution in [3.8, 4) is 0 Å². The molecule has 1 saturated carbocycles. The van der Waals surface area contributed by atoms with Crippen molar-refractivity contribution in [2.75, 3.05) is 0 Å². The van der Waals surface area contributed by atoms with Crippen molar-refractivity contribution >= 4 is 0 Å². The molecule has 0 amide bonds. The van der Waals surface area contributed by atoms with Gasteiger partial charge in [0.2, 0.25) is 0 Å². The van der Waals surface area contributed by atoms with Gasteiger partial charge in [-0.05, 0) is 49.7 Å². The van der Waals surface area contributed by atoms with Gasteiger partial charge < -0.3 is 5.32 Å². The van der Waals surface area contributed by atoms with Crippen molar-refractivity contribution in [2.24, 2.45) is 5.92 Å². The monoisotopic (exact) mass is 259 g/mol. The molecule has 0 radical (unpaired) electrons. The van der Waals surface area contributed by atoms with E-state index >= 15 is 0 Å². The van der Waals surface area contributed by atoms with Crippen molar-refractivity contribution in [1.82, 2.24) is 5.32 Å². The maximum Gasteiger partial charge on any atom is 0.00813 e. The van der Waals surface area contributed by atoms with Crippen LogP contribution in [0.15, 0.2) is 24.3 Å². The van der Waals surface area contributed by atoms with Crippen molar-refractivity contribution < 1.29 is 0 Å². The first kappa shape index (κ1) is 14.6. The molecule has 0 spiro atoms. The van der Waals surface area contributed by atoms with Gasteiger partial charge in [0.25, 0.3) is 0 Å². The van der Waals surface area contributed by atoms with E-state index in [2.05, 4.69) is 57.3 Å². The van der Waals surface area contributed by atoms with E-state index in [0.717, 1.165) is 17.9 Å². The second-order valence-electron chi connectivity index (χ2n) is 6.25. The lowest BCUT2D eigenvalue weighted by Gasteiger charge is -2.40. The minimum absolute atomic E-state index is 0.665. The second-order valence-corrected chi connectivity index (χ2v) is 6.25. The van der Waals surface area contributed by atoms with E-state index < -0.39 is 0 Å². The summed E-state index contributed by atoms with van der Waals surface area (Å²) in [6.45, 7) is 9.22. The van der Waals surface area contributed by atoms with Crippen LogP contribution in [0.25, 0.3) is 0 Å². The summed E-state index contributed by atoms with van der Waals surface area (Å²) in [6.07, 6.45) is 5.21. The third-order valence-electron chi connectivity index (χ3n) is 5.02. The van der Waals surface area contributed by atoms with Gasteiger partial charge in [-0.2, -0.15) is 0 Å². The van der Waals surface area contributed by atoms with Crippen LogP contribution in [0.2, 0.25) is 0 Å². The molecule has 0 bridgehead atoms. The highest BCUT2D eigenvalue weighted by Crippen LogP contribution is 2.38. The molecule has 0 saturated heterocycles. The van der Waals surface area contributed by atoms with Crippen LogP contribution in [0.3, 0.4) is 0 Å². The molecule has 0 heterocycles. The van der Waals surface area contributed by atoms with E-state index in [1.807, 2.05) is 0 Å². The van der Waals surface area contributed by atoms with Crippen LogP contribution in [0.5, 0.6) is 0 Å². The molecule has 1 fully saturated rings. The van der Waals surface area contributed by atoms with Crippen LogP contribution in [0, 0.1) is 12.8 Å². The fraction of sp³-hybridized carbons (Fsp3) is 0.667. The topological polar surface area (TPSA) is 12.0 Å². The summed E-state index contributed by atoms with van der Waals surface area (Å²) in [4.78, 5) is 0. The maximum atomic E-state index is 3.84. The number of nitrogens with one attached hydrogen (secondary N) is 1. The molecule has 1 nitrogen and oxygen atoms in total. The Morgan fingerprint density at radius 2 is 1.79 bits per heavy atom. The average Bonchev–Trinajstić information content (AvgIpc) is 2.36. The normalized spacial score (nSPS) is 24.3. The molecule has 2 rings (SSSR count). The van der Waals surface area contributed by atoms with Crippen molar-refractivity contribution in [1.29, 1.82) is 0 Å². The molecule has 1 heteroatoms. The smallest absolute Gasteiger partial charge is 0.00813 e. The number of hydrogen-bond donors (Lipinski definition) is 1.